The molecule has 0 aliphatic heterocycles. The lowest BCUT2D eigenvalue weighted by atomic mass is 9.68. The Kier molecular flexibility index (Phi) is 8.06. The molecule has 4 unspecified atom stereocenters. The van der Waals surface area contributed by atoms with Gasteiger partial charge in [0.2, 0.25) is 0 Å². The maximum Gasteiger partial charge on any atom is -0.00179 e. The Hall–Kier alpha value is -0.0400. The highest BCUT2D eigenvalue weighted by atomic mass is 14.9. The fourth-order valence-electron chi connectivity index (χ4n) is 3.67. The normalized spacial score (nSPS) is 29.7. The average molecular weight is 268 g/mol. The summed E-state index contributed by atoms with van der Waals surface area (Å²) < 4.78 is 0. The first-order valence-corrected chi connectivity index (χ1v) is 8.79. The van der Waals surface area contributed by atoms with Crippen LogP contribution in [0.4, 0.5) is 0 Å². The topological polar surface area (TPSA) is 12.0 Å². The largest absolute Gasteiger partial charge is 0.316 e. The number of hydrogen-bond donors (Lipinski definition) is 1. The molecule has 0 amide bonds. The van der Waals surface area contributed by atoms with Crippen molar-refractivity contribution in [2.75, 3.05) is 13.1 Å². The number of rotatable bonds is 8. The second kappa shape index (κ2) is 9.00. The van der Waals surface area contributed by atoms with Gasteiger partial charge in [-0.15, -0.1) is 0 Å². The zero-order valence-corrected chi connectivity index (χ0v) is 14.0. The van der Waals surface area contributed by atoms with Crippen LogP contribution in [0.1, 0.15) is 73.1 Å². The molecule has 1 rings (SSSR count). The summed E-state index contributed by atoms with van der Waals surface area (Å²) in [5.74, 6) is 4.68. The summed E-state index contributed by atoms with van der Waals surface area (Å²) in [7, 11) is 0. The van der Waals surface area contributed by atoms with Gasteiger partial charge in [0.1, 0.15) is 0 Å². The second-order valence-corrected chi connectivity index (χ2v) is 7.29. The molecule has 0 aromatic rings. The predicted octanol–water partition coefficient (Wildman–Crippen LogP) is 5.11. The summed E-state index contributed by atoms with van der Waals surface area (Å²) in [6.45, 7) is 14.3. The van der Waals surface area contributed by atoms with Gasteiger partial charge in [0.05, 0.1) is 0 Å². The van der Waals surface area contributed by atoms with E-state index in [4.69, 9.17) is 0 Å². The summed E-state index contributed by atoms with van der Waals surface area (Å²) in [6, 6.07) is 0. The van der Waals surface area contributed by atoms with Crippen molar-refractivity contribution in [3.63, 3.8) is 0 Å². The Morgan fingerprint density at radius 3 is 2.37 bits per heavy atom. The van der Waals surface area contributed by atoms with Crippen molar-refractivity contribution >= 4 is 0 Å². The highest BCUT2D eigenvalue weighted by Crippen LogP contribution is 2.40. The van der Waals surface area contributed by atoms with E-state index in [9.17, 15) is 0 Å². The lowest BCUT2D eigenvalue weighted by Gasteiger charge is -2.39. The first kappa shape index (κ1) is 17.0. The van der Waals surface area contributed by atoms with Gasteiger partial charge >= 0.3 is 0 Å². The predicted molar refractivity (Wildman–Crippen MR) is 86.4 cm³/mol. The number of nitrogens with one attached hydrogen (secondary N) is 1. The van der Waals surface area contributed by atoms with Crippen LogP contribution in [-0.2, 0) is 0 Å². The third-order valence-corrected chi connectivity index (χ3v) is 5.36. The highest BCUT2D eigenvalue weighted by Gasteiger charge is 2.31. The monoisotopic (exact) mass is 267 g/mol. The van der Waals surface area contributed by atoms with Crippen molar-refractivity contribution in [2.45, 2.75) is 73.1 Å². The Bertz CT molecular complexity index is 224. The van der Waals surface area contributed by atoms with Crippen LogP contribution in [0.15, 0.2) is 0 Å². The SMILES string of the molecule is CCCNCC1CCC(C(C)C)CC1CC(C)CC. The Morgan fingerprint density at radius 1 is 1.05 bits per heavy atom. The molecule has 0 radical (unpaired) electrons. The van der Waals surface area contributed by atoms with E-state index in [-0.39, 0.29) is 0 Å². The summed E-state index contributed by atoms with van der Waals surface area (Å²) in [5, 5.41) is 3.67. The van der Waals surface area contributed by atoms with Gasteiger partial charge in [0.15, 0.2) is 0 Å². The molecule has 1 aliphatic carbocycles. The zero-order valence-electron chi connectivity index (χ0n) is 14.0. The fourth-order valence-corrected chi connectivity index (χ4v) is 3.67. The lowest BCUT2D eigenvalue weighted by molar-refractivity contribution is 0.124. The minimum Gasteiger partial charge on any atom is -0.316 e. The molecule has 19 heavy (non-hydrogen) atoms. The molecule has 4 atom stereocenters. The van der Waals surface area contributed by atoms with Gasteiger partial charge in [0, 0.05) is 0 Å². The summed E-state index contributed by atoms with van der Waals surface area (Å²) >= 11 is 0. The summed E-state index contributed by atoms with van der Waals surface area (Å²) in [5.41, 5.74) is 0. The third kappa shape index (κ3) is 5.85. The maximum atomic E-state index is 3.67. The molecule has 1 heteroatoms. The van der Waals surface area contributed by atoms with Gasteiger partial charge in [-0.2, -0.15) is 0 Å². The number of hydrogen-bond acceptors (Lipinski definition) is 1. The van der Waals surface area contributed by atoms with Crippen LogP contribution in [0.3, 0.4) is 0 Å². The smallest absolute Gasteiger partial charge is 0.00179 e. The van der Waals surface area contributed by atoms with E-state index >= 15 is 0 Å². The molecule has 1 fully saturated rings. The lowest BCUT2D eigenvalue weighted by Crippen LogP contribution is -2.35. The fraction of sp³-hybridized carbons (Fsp3) is 1.00. The van der Waals surface area contributed by atoms with Gasteiger partial charge in [-0.1, -0.05) is 41.0 Å². The zero-order chi connectivity index (χ0) is 14.3. The quantitative estimate of drug-likeness (QED) is 0.603. The van der Waals surface area contributed by atoms with E-state index in [1.54, 1.807) is 0 Å². The van der Waals surface area contributed by atoms with Crippen molar-refractivity contribution < 1.29 is 0 Å². The van der Waals surface area contributed by atoms with Crippen molar-refractivity contribution in [1.29, 1.82) is 0 Å². The van der Waals surface area contributed by atoms with Gasteiger partial charge in [-0.25, -0.2) is 0 Å². The van der Waals surface area contributed by atoms with Gasteiger partial charge in [-0.3, -0.25) is 0 Å². The molecule has 0 spiro atoms. The van der Waals surface area contributed by atoms with Crippen LogP contribution >= 0.6 is 0 Å². The molecule has 1 N–H and O–H groups in total. The summed E-state index contributed by atoms with van der Waals surface area (Å²) in [6.07, 6.45) is 8.47. The van der Waals surface area contributed by atoms with Crippen LogP contribution in [-0.4, -0.2) is 13.1 Å². The van der Waals surface area contributed by atoms with Gasteiger partial charge < -0.3 is 5.32 Å². The molecule has 0 heterocycles. The maximum absolute atomic E-state index is 3.67. The third-order valence-electron chi connectivity index (χ3n) is 5.36. The van der Waals surface area contributed by atoms with E-state index in [0.29, 0.717) is 0 Å². The van der Waals surface area contributed by atoms with E-state index in [0.717, 1.165) is 29.6 Å². The molecular weight excluding hydrogens is 230 g/mol. The van der Waals surface area contributed by atoms with Crippen LogP contribution in [0.25, 0.3) is 0 Å². The molecular formula is C18H37N. The first-order valence-electron chi connectivity index (χ1n) is 8.79. The van der Waals surface area contributed by atoms with Crippen LogP contribution < -0.4 is 5.32 Å². The van der Waals surface area contributed by atoms with Crippen molar-refractivity contribution in [2.24, 2.45) is 29.6 Å². The summed E-state index contributed by atoms with van der Waals surface area (Å²) in [4.78, 5) is 0. The molecule has 114 valence electrons. The molecule has 1 saturated carbocycles. The molecule has 1 nitrogen and oxygen atoms in total. The first-order chi connectivity index (χ1) is 9.08. The standard InChI is InChI=1S/C18H37N/c1-6-10-19-13-17-9-8-16(14(3)4)12-18(17)11-15(5)7-2/h14-19H,6-13H2,1-5H3. The molecule has 0 aromatic heterocycles. The van der Waals surface area contributed by atoms with Crippen molar-refractivity contribution in [3.05, 3.63) is 0 Å². The highest BCUT2D eigenvalue weighted by molar-refractivity contribution is 4.83. The minimum absolute atomic E-state index is 0.879. The Labute approximate surface area is 121 Å². The van der Waals surface area contributed by atoms with Crippen molar-refractivity contribution in [1.82, 2.24) is 5.32 Å². The van der Waals surface area contributed by atoms with Gasteiger partial charge in [-0.05, 0) is 74.8 Å². The Balaban J connectivity index is 2.51. The average Bonchev–Trinajstić information content (AvgIpc) is 2.40. The van der Waals surface area contributed by atoms with Crippen LogP contribution in [0.2, 0.25) is 0 Å². The van der Waals surface area contributed by atoms with E-state index < -0.39 is 0 Å². The van der Waals surface area contributed by atoms with E-state index in [1.807, 2.05) is 0 Å². The Morgan fingerprint density at radius 2 is 1.79 bits per heavy atom. The molecule has 1 aliphatic rings. The van der Waals surface area contributed by atoms with E-state index in [1.165, 1.54) is 51.6 Å². The molecule has 0 bridgehead atoms. The molecule has 0 saturated heterocycles. The van der Waals surface area contributed by atoms with E-state index in [2.05, 4.69) is 39.9 Å². The molecule has 0 aromatic carbocycles. The second-order valence-electron chi connectivity index (χ2n) is 7.29. The van der Waals surface area contributed by atoms with Crippen molar-refractivity contribution in [3.8, 4) is 0 Å². The van der Waals surface area contributed by atoms with Gasteiger partial charge in [0.25, 0.3) is 0 Å². The van der Waals surface area contributed by atoms with Crippen LogP contribution in [0.5, 0.6) is 0 Å². The van der Waals surface area contributed by atoms with Crippen LogP contribution in [0, 0.1) is 29.6 Å². The minimum atomic E-state index is 0.879.